The lowest BCUT2D eigenvalue weighted by Crippen LogP contribution is -2.29. The van der Waals surface area contributed by atoms with E-state index in [9.17, 15) is 9.59 Å². The summed E-state index contributed by atoms with van der Waals surface area (Å²) in [6.07, 6.45) is 0. The Balaban J connectivity index is 1.68. The number of anilines is 2. The van der Waals surface area contributed by atoms with Crippen LogP contribution in [-0.2, 0) is 9.59 Å². The third kappa shape index (κ3) is 5.44. The number of hydrogen-bond acceptors (Lipinski definition) is 6. The van der Waals surface area contributed by atoms with E-state index in [1.165, 1.54) is 0 Å². The van der Waals surface area contributed by atoms with E-state index < -0.39 is 11.2 Å². The maximum absolute atomic E-state index is 13.5. The Morgan fingerprint density at radius 1 is 0.944 bits per heavy atom. The maximum Gasteiger partial charge on any atom is 0.260 e. The molecule has 0 saturated heterocycles. The summed E-state index contributed by atoms with van der Waals surface area (Å²) < 4.78 is 5.62. The number of nitrogens with one attached hydrogen (secondary N) is 2. The van der Waals surface area contributed by atoms with Crippen LogP contribution in [0.15, 0.2) is 89.1 Å². The second-order valence-electron chi connectivity index (χ2n) is 8.22. The second kappa shape index (κ2) is 11.1. The molecular weight excluding hydrogens is 472 g/mol. The predicted molar refractivity (Wildman–Crippen MR) is 147 cm³/mol. The Kier molecular flexibility index (Phi) is 7.75. The van der Waals surface area contributed by atoms with Gasteiger partial charge in [0.2, 0.25) is 5.91 Å². The highest BCUT2D eigenvalue weighted by Crippen LogP contribution is 2.37. The second-order valence-corrected chi connectivity index (χ2v) is 9.31. The molecule has 0 bridgehead atoms. The molecule has 3 aromatic rings. The van der Waals surface area contributed by atoms with Crippen molar-refractivity contribution in [3.63, 3.8) is 0 Å². The van der Waals surface area contributed by atoms with Gasteiger partial charge >= 0.3 is 0 Å². The highest BCUT2D eigenvalue weighted by molar-refractivity contribution is 8.16. The smallest absolute Gasteiger partial charge is 0.260 e. The number of benzene rings is 3. The third-order valence-electron chi connectivity index (χ3n) is 5.63. The van der Waals surface area contributed by atoms with Gasteiger partial charge in [-0.15, -0.1) is 0 Å². The first-order valence-electron chi connectivity index (χ1n) is 11.6. The Morgan fingerprint density at radius 2 is 1.61 bits per heavy atom. The molecule has 0 radical (unpaired) electrons. The highest BCUT2D eigenvalue weighted by atomic mass is 32.2. The monoisotopic (exact) mass is 500 g/mol. The molecule has 4 rings (SSSR count). The molecule has 0 spiro atoms. The van der Waals surface area contributed by atoms with Gasteiger partial charge in [0.05, 0.1) is 23.6 Å². The Morgan fingerprint density at radius 3 is 2.31 bits per heavy atom. The van der Waals surface area contributed by atoms with Gasteiger partial charge in [-0.3, -0.25) is 9.59 Å². The van der Waals surface area contributed by atoms with Crippen LogP contribution in [0, 0.1) is 13.8 Å². The predicted octanol–water partition coefficient (Wildman–Crippen LogP) is 5.34. The van der Waals surface area contributed by atoms with E-state index in [2.05, 4.69) is 15.6 Å². The molecule has 184 valence electrons. The van der Waals surface area contributed by atoms with E-state index in [-0.39, 0.29) is 17.2 Å². The number of ether oxygens (including phenoxy) is 1. The molecule has 3 aromatic carbocycles. The summed E-state index contributed by atoms with van der Waals surface area (Å²) in [5.74, 6) is -0.206. The fourth-order valence-corrected chi connectivity index (χ4v) is 4.97. The number of carbonyl (C=O) groups excluding carboxylic acids is 2. The van der Waals surface area contributed by atoms with Gasteiger partial charge in [0.25, 0.3) is 5.91 Å². The lowest BCUT2D eigenvalue weighted by molar-refractivity contribution is -0.115. The van der Waals surface area contributed by atoms with Crippen LogP contribution < -0.4 is 21.1 Å². The van der Waals surface area contributed by atoms with Gasteiger partial charge in [0, 0.05) is 11.4 Å². The number of carbonyl (C=O) groups is 2. The third-order valence-corrected chi connectivity index (χ3v) is 6.85. The molecule has 1 aliphatic rings. The molecule has 1 heterocycles. The summed E-state index contributed by atoms with van der Waals surface area (Å²) in [5, 5.41) is 5.43. The summed E-state index contributed by atoms with van der Waals surface area (Å²) in [6, 6.07) is 22.2. The lowest BCUT2D eigenvalue weighted by Gasteiger charge is -2.14. The fraction of sp³-hybridized carbons (Fsp3) is 0.179. The van der Waals surface area contributed by atoms with Gasteiger partial charge in [0.1, 0.15) is 16.0 Å². The summed E-state index contributed by atoms with van der Waals surface area (Å²) >= 11 is 1.15. The molecule has 1 atom stereocenters. The van der Waals surface area contributed by atoms with Crippen LogP contribution in [-0.4, -0.2) is 28.7 Å². The van der Waals surface area contributed by atoms with Crippen molar-refractivity contribution in [1.29, 1.82) is 0 Å². The molecule has 0 unspecified atom stereocenters. The fourth-order valence-electron chi connectivity index (χ4n) is 3.85. The highest BCUT2D eigenvalue weighted by Gasteiger charge is 2.39. The van der Waals surface area contributed by atoms with Gasteiger partial charge in [0.15, 0.2) is 0 Å². The first-order chi connectivity index (χ1) is 17.4. The molecule has 0 aliphatic carbocycles. The van der Waals surface area contributed by atoms with Crippen LogP contribution >= 0.6 is 11.8 Å². The molecular formula is C28H28N4O3S. The first-order valence-corrected chi connectivity index (χ1v) is 12.5. The summed E-state index contributed by atoms with van der Waals surface area (Å²) in [4.78, 5) is 31.5. The van der Waals surface area contributed by atoms with Gasteiger partial charge in [-0.1, -0.05) is 60.3 Å². The van der Waals surface area contributed by atoms with Crippen molar-refractivity contribution in [2.45, 2.75) is 26.0 Å². The average molecular weight is 501 g/mol. The van der Waals surface area contributed by atoms with E-state index in [4.69, 9.17) is 10.5 Å². The van der Waals surface area contributed by atoms with E-state index in [1.54, 1.807) is 12.1 Å². The number of aliphatic imine (C=N–C) groups is 1. The van der Waals surface area contributed by atoms with Crippen LogP contribution in [0.4, 0.5) is 17.1 Å². The van der Waals surface area contributed by atoms with E-state index in [0.717, 1.165) is 22.9 Å². The van der Waals surface area contributed by atoms with Gasteiger partial charge in [-0.2, -0.15) is 0 Å². The van der Waals surface area contributed by atoms with Crippen LogP contribution in [0.1, 0.15) is 18.1 Å². The Labute approximate surface area is 214 Å². The summed E-state index contributed by atoms with van der Waals surface area (Å²) in [6.45, 7) is 6.19. The molecule has 8 heteroatoms. The van der Waals surface area contributed by atoms with E-state index in [1.807, 2.05) is 81.4 Å². The van der Waals surface area contributed by atoms with Crippen molar-refractivity contribution in [2.24, 2.45) is 10.7 Å². The molecule has 4 N–H and O–H groups in total. The largest absolute Gasteiger partial charge is 0.492 e. The summed E-state index contributed by atoms with van der Waals surface area (Å²) in [5.41, 5.74) is 10.6. The molecule has 0 fully saturated rings. The molecule has 7 nitrogen and oxygen atoms in total. The number of nitrogens with two attached hydrogens (primary N) is 1. The van der Waals surface area contributed by atoms with Crippen molar-refractivity contribution in [3.8, 4) is 5.75 Å². The van der Waals surface area contributed by atoms with Crippen molar-refractivity contribution in [1.82, 2.24) is 0 Å². The quantitative estimate of drug-likeness (QED) is 0.406. The standard InChI is InChI=1S/C28H28N4O3S/c1-4-35-21-16-9-8-15-20(21)31-27(34)25-23(29)22(28(36-25)30-19-13-6-5-7-14-19)26(33)32-24-17(2)11-10-12-18(24)3/h5-16,25H,4,29H2,1-3H3,(H,31,34)(H,32,33)/t25-/m1/s1. The van der Waals surface area contributed by atoms with Crippen molar-refractivity contribution < 1.29 is 14.3 Å². The SMILES string of the molecule is CCOc1ccccc1NC(=O)[C@@H]1SC(=Nc2ccccc2)C(C(=O)Nc2c(C)cccc2C)=C1N. The van der Waals surface area contributed by atoms with Crippen LogP contribution in [0.3, 0.4) is 0 Å². The number of thioether (sulfide) groups is 1. The lowest BCUT2D eigenvalue weighted by atomic mass is 10.1. The van der Waals surface area contributed by atoms with E-state index in [0.29, 0.717) is 34.5 Å². The number of nitrogens with zero attached hydrogens (tertiary/aromatic N) is 1. The number of hydrogen-bond donors (Lipinski definition) is 3. The van der Waals surface area contributed by atoms with Gasteiger partial charge in [-0.05, 0) is 56.2 Å². The zero-order valence-corrected chi connectivity index (χ0v) is 21.2. The maximum atomic E-state index is 13.5. The topological polar surface area (TPSA) is 106 Å². The Bertz CT molecular complexity index is 1330. The minimum atomic E-state index is -0.833. The van der Waals surface area contributed by atoms with Gasteiger partial charge < -0.3 is 21.1 Å². The Hall–Kier alpha value is -4.04. The number of rotatable bonds is 7. The number of para-hydroxylation sites is 4. The summed E-state index contributed by atoms with van der Waals surface area (Å²) in [7, 11) is 0. The average Bonchev–Trinajstić information content (AvgIpc) is 3.19. The number of aryl methyl sites for hydroxylation is 2. The molecule has 1 aliphatic heterocycles. The van der Waals surface area contributed by atoms with Crippen molar-refractivity contribution in [3.05, 3.63) is 95.2 Å². The zero-order chi connectivity index (χ0) is 25.7. The molecule has 0 saturated carbocycles. The van der Waals surface area contributed by atoms with Crippen LogP contribution in [0.2, 0.25) is 0 Å². The van der Waals surface area contributed by atoms with Gasteiger partial charge in [-0.25, -0.2) is 4.99 Å². The number of amides is 2. The molecule has 2 amide bonds. The van der Waals surface area contributed by atoms with E-state index >= 15 is 0 Å². The molecule has 0 aromatic heterocycles. The minimum absolute atomic E-state index is 0.157. The van der Waals surface area contributed by atoms with Crippen molar-refractivity contribution >= 4 is 45.7 Å². The van der Waals surface area contributed by atoms with Crippen LogP contribution in [0.5, 0.6) is 5.75 Å². The first kappa shape index (κ1) is 25.1. The van der Waals surface area contributed by atoms with Crippen LogP contribution in [0.25, 0.3) is 0 Å². The minimum Gasteiger partial charge on any atom is -0.492 e. The molecule has 36 heavy (non-hydrogen) atoms. The van der Waals surface area contributed by atoms with Crippen molar-refractivity contribution in [2.75, 3.05) is 17.2 Å². The normalized spacial score (nSPS) is 16.2. The zero-order valence-electron chi connectivity index (χ0n) is 20.4.